The van der Waals surface area contributed by atoms with Crippen LogP contribution in [0.3, 0.4) is 0 Å². The molecule has 1 unspecified atom stereocenters. The van der Waals surface area contributed by atoms with Crippen LogP contribution in [0.25, 0.3) is 0 Å². The van der Waals surface area contributed by atoms with Gasteiger partial charge in [0.1, 0.15) is 5.76 Å². The van der Waals surface area contributed by atoms with Gasteiger partial charge in [-0.15, -0.1) is 0 Å². The lowest BCUT2D eigenvalue weighted by Crippen LogP contribution is -2.25. The summed E-state index contributed by atoms with van der Waals surface area (Å²) in [6.07, 6.45) is 1.70. The van der Waals surface area contributed by atoms with Crippen molar-refractivity contribution in [1.82, 2.24) is 5.32 Å². The molecular weight excluding hydrogens is 246 g/mol. The number of hydrogen-bond acceptors (Lipinski definition) is 2. The first-order valence-electron chi connectivity index (χ1n) is 6.18. The highest BCUT2D eigenvalue weighted by atomic mass is 35.5. The topological polar surface area (TPSA) is 25.2 Å². The van der Waals surface area contributed by atoms with Crippen LogP contribution in [0.5, 0.6) is 0 Å². The van der Waals surface area contributed by atoms with Gasteiger partial charge < -0.3 is 9.73 Å². The predicted molar refractivity (Wildman–Crippen MR) is 74.6 cm³/mol. The van der Waals surface area contributed by atoms with E-state index in [0.717, 1.165) is 17.3 Å². The van der Waals surface area contributed by atoms with Crippen LogP contribution in [0.4, 0.5) is 0 Å². The molecular formula is C15H18ClNO. The molecule has 1 N–H and O–H groups in total. The molecule has 0 spiro atoms. The Morgan fingerprint density at radius 1 is 1.17 bits per heavy atom. The van der Waals surface area contributed by atoms with E-state index in [9.17, 15) is 0 Å². The van der Waals surface area contributed by atoms with Crippen molar-refractivity contribution in [2.24, 2.45) is 5.92 Å². The summed E-state index contributed by atoms with van der Waals surface area (Å²) in [5.41, 5.74) is 1.25. The zero-order valence-corrected chi connectivity index (χ0v) is 11.4. The van der Waals surface area contributed by atoms with Gasteiger partial charge in [-0.25, -0.2) is 0 Å². The molecule has 0 aliphatic carbocycles. The first-order chi connectivity index (χ1) is 8.66. The molecule has 0 aliphatic rings. The van der Waals surface area contributed by atoms with Gasteiger partial charge in [0.15, 0.2) is 0 Å². The fourth-order valence-electron chi connectivity index (χ4n) is 2.03. The molecule has 96 valence electrons. The Kier molecular flexibility index (Phi) is 4.45. The van der Waals surface area contributed by atoms with Gasteiger partial charge in [0.2, 0.25) is 0 Å². The van der Waals surface area contributed by atoms with E-state index in [2.05, 4.69) is 31.3 Å². The number of halogens is 1. The lowest BCUT2D eigenvalue weighted by Gasteiger charge is -2.22. The van der Waals surface area contributed by atoms with E-state index < -0.39 is 0 Å². The minimum absolute atomic E-state index is 0.298. The van der Waals surface area contributed by atoms with Crippen molar-refractivity contribution in [2.45, 2.75) is 26.4 Å². The normalized spacial score (nSPS) is 12.9. The minimum Gasteiger partial charge on any atom is -0.468 e. The predicted octanol–water partition coefficient (Wildman–Crippen LogP) is 4.42. The Balaban J connectivity index is 2.06. The van der Waals surface area contributed by atoms with E-state index in [1.165, 1.54) is 5.56 Å². The molecule has 2 rings (SSSR count). The Bertz CT molecular complexity index is 462. The summed E-state index contributed by atoms with van der Waals surface area (Å²) >= 11 is 5.92. The minimum atomic E-state index is 0.298. The summed E-state index contributed by atoms with van der Waals surface area (Å²) in [4.78, 5) is 0. The maximum atomic E-state index is 5.92. The van der Waals surface area contributed by atoms with Crippen molar-refractivity contribution in [3.8, 4) is 0 Å². The lowest BCUT2D eigenvalue weighted by molar-refractivity contribution is 0.384. The maximum absolute atomic E-state index is 5.92. The van der Waals surface area contributed by atoms with Crippen LogP contribution in [0.2, 0.25) is 5.02 Å². The van der Waals surface area contributed by atoms with Crippen molar-refractivity contribution in [3.63, 3.8) is 0 Å². The van der Waals surface area contributed by atoms with E-state index in [4.69, 9.17) is 16.0 Å². The average molecular weight is 264 g/mol. The summed E-state index contributed by atoms with van der Waals surface area (Å²) in [5.74, 6) is 1.45. The van der Waals surface area contributed by atoms with Crippen LogP contribution in [-0.4, -0.2) is 0 Å². The highest BCUT2D eigenvalue weighted by Crippen LogP contribution is 2.23. The van der Waals surface area contributed by atoms with Crippen LogP contribution in [0, 0.1) is 5.92 Å². The first-order valence-corrected chi connectivity index (χ1v) is 6.56. The summed E-state index contributed by atoms with van der Waals surface area (Å²) in [5, 5.41) is 4.29. The van der Waals surface area contributed by atoms with E-state index >= 15 is 0 Å². The van der Waals surface area contributed by atoms with Crippen LogP contribution < -0.4 is 5.32 Å². The Morgan fingerprint density at radius 2 is 1.89 bits per heavy atom. The summed E-state index contributed by atoms with van der Waals surface area (Å²) in [6, 6.07) is 12.2. The molecule has 0 bridgehead atoms. The standard InChI is InChI=1S/C15H18ClNO/c1-11(2)15(12-5-7-13(16)8-6-12)17-10-14-4-3-9-18-14/h3-9,11,15,17H,10H2,1-2H3. The third-order valence-corrected chi connectivity index (χ3v) is 3.22. The van der Waals surface area contributed by atoms with Crippen molar-refractivity contribution in [3.05, 3.63) is 59.0 Å². The maximum Gasteiger partial charge on any atom is 0.117 e. The molecule has 2 aromatic rings. The smallest absolute Gasteiger partial charge is 0.117 e. The van der Waals surface area contributed by atoms with Gasteiger partial charge in [-0.2, -0.15) is 0 Å². The van der Waals surface area contributed by atoms with Crippen LogP contribution >= 0.6 is 11.6 Å². The lowest BCUT2D eigenvalue weighted by atomic mass is 9.96. The van der Waals surface area contributed by atoms with E-state index in [0.29, 0.717) is 12.0 Å². The van der Waals surface area contributed by atoms with Gasteiger partial charge >= 0.3 is 0 Å². The zero-order valence-electron chi connectivity index (χ0n) is 10.7. The monoisotopic (exact) mass is 263 g/mol. The third kappa shape index (κ3) is 3.37. The second kappa shape index (κ2) is 6.07. The molecule has 0 saturated heterocycles. The van der Waals surface area contributed by atoms with Gasteiger partial charge in [-0.05, 0) is 35.7 Å². The molecule has 18 heavy (non-hydrogen) atoms. The summed E-state index contributed by atoms with van der Waals surface area (Å²) in [7, 11) is 0. The molecule has 0 aliphatic heterocycles. The molecule has 0 fully saturated rings. The van der Waals surface area contributed by atoms with Crippen molar-refractivity contribution in [1.29, 1.82) is 0 Å². The Morgan fingerprint density at radius 3 is 2.44 bits per heavy atom. The summed E-state index contributed by atoms with van der Waals surface area (Å²) in [6.45, 7) is 5.14. The fourth-order valence-corrected chi connectivity index (χ4v) is 2.16. The fraction of sp³-hybridized carbons (Fsp3) is 0.333. The Hall–Kier alpha value is -1.25. The van der Waals surface area contributed by atoms with Crippen molar-refractivity contribution in [2.75, 3.05) is 0 Å². The Labute approximate surface area is 113 Å². The molecule has 2 nitrogen and oxygen atoms in total. The van der Waals surface area contributed by atoms with Gasteiger partial charge in [0.25, 0.3) is 0 Å². The molecule has 3 heteroatoms. The molecule has 1 heterocycles. The van der Waals surface area contributed by atoms with Crippen LogP contribution in [0.1, 0.15) is 31.2 Å². The molecule has 0 amide bonds. The highest BCUT2D eigenvalue weighted by Gasteiger charge is 2.15. The molecule has 1 aromatic heterocycles. The average Bonchev–Trinajstić information content (AvgIpc) is 2.84. The first kappa shape index (κ1) is 13.2. The number of rotatable bonds is 5. The number of benzene rings is 1. The molecule has 1 atom stereocenters. The SMILES string of the molecule is CC(C)C(NCc1ccco1)c1ccc(Cl)cc1. The number of nitrogens with one attached hydrogen (secondary N) is 1. The van der Waals surface area contributed by atoms with Gasteiger partial charge in [-0.3, -0.25) is 0 Å². The largest absolute Gasteiger partial charge is 0.468 e. The molecule has 0 radical (unpaired) electrons. The number of hydrogen-bond donors (Lipinski definition) is 1. The molecule has 0 saturated carbocycles. The summed E-state index contributed by atoms with van der Waals surface area (Å²) < 4.78 is 5.34. The van der Waals surface area contributed by atoms with E-state index in [-0.39, 0.29) is 0 Å². The second-order valence-corrected chi connectivity index (χ2v) is 5.17. The van der Waals surface area contributed by atoms with Crippen LogP contribution in [-0.2, 0) is 6.54 Å². The third-order valence-electron chi connectivity index (χ3n) is 2.97. The van der Waals surface area contributed by atoms with Crippen LogP contribution in [0.15, 0.2) is 47.1 Å². The van der Waals surface area contributed by atoms with Gasteiger partial charge in [0, 0.05) is 11.1 Å². The number of furan rings is 1. The van der Waals surface area contributed by atoms with E-state index in [1.54, 1.807) is 6.26 Å². The quantitative estimate of drug-likeness (QED) is 0.864. The highest BCUT2D eigenvalue weighted by molar-refractivity contribution is 6.30. The van der Waals surface area contributed by atoms with Crippen molar-refractivity contribution < 1.29 is 4.42 Å². The second-order valence-electron chi connectivity index (χ2n) is 4.73. The zero-order chi connectivity index (χ0) is 13.0. The van der Waals surface area contributed by atoms with E-state index in [1.807, 2.05) is 24.3 Å². The van der Waals surface area contributed by atoms with Gasteiger partial charge in [0.05, 0.1) is 12.8 Å². The van der Waals surface area contributed by atoms with Crippen molar-refractivity contribution >= 4 is 11.6 Å². The van der Waals surface area contributed by atoms with Gasteiger partial charge in [-0.1, -0.05) is 37.6 Å². The molecule has 1 aromatic carbocycles.